The van der Waals surface area contributed by atoms with Crippen molar-refractivity contribution in [1.82, 2.24) is 4.57 Å². The first-order valence-corrected chi connectivity index (χ1v) is 9.33. The summed E-state index contributed by atoms with van der Waals surface area (Å²) in [5.41, 5.74) is 2.74. The van der Waals surface area contributed by atoms with Crippen molar-refractivity contribution in [3.63, 3.8) is 0 Å². The Labute approximate surface area is 170 Å². The minimum Gasteiger partial charge on any atom is -0.361 e. The highest BCUT2D eigenvalue weighted by Gasteiger charge is 2.14. The van der Waals surface area contributed by atoms with E-state index in [1.54, 1.807) is 42.6 Å². The average Bonchev–Trinajstić information content (AvgIpc) is 2.74. The minimum atomic E-state index is -0.392. The molecule has 3 nitrogen and oxygen atoms in total. The number of aromatic nitrogens is 1. The maximum atomic E-state index is 15.1. The van der Waals surface area contributed by atoms with E-state index in [1.165, 1.54) is 16.7 Å². The molecule has 0 amide bonds. The van der Waals surface area contributed by atoms with Crippen LogP contribution in [0.2, 0.25) is 0 Å². The van der Waals surface area contributed by atoms with Crippen LogP contribution in [0.1, 0.15) is 5.56 Å². The smallest absolute Gasteiger partial charge is 0.255 e. The van der Waals surface area contributed by atoms with Crippen LogP contribution in [-0.2, 0) is 6.54 Å². The molecule has 0 spiro atoms. The molecule has 0 aliphatic heterocycles. The highest BCUT2D eigenvalue weighted by Crippen LogP contribution is 2.25. The van der Waals surface area contributed by atoms with Crippen LogP contribution in [0, 0.1) is 5.82 Å². The third kappa shape index (κ3) is 4.99. The summed E-state index contributed by atoms with van der Waals surface area (Å²) in [6.45, 7) is 8.59. The van der Waals surface area contributed by atoms with Crippen molar-refractivity contribution in [2.75, 3.05) is 11.4 Å². The zero-order chi connectivity index (χ0) is 20.6. The van der Waals surface area contributed by atoms with E-state index in [4.69, 9.17) is 0 Å². The molecule has 4 heteroatoms. The van der Waals surface area contributed by atoms with Gasteiger partial charge in [-0.1, -0.05) is 67.8 Å². The first-order valence-electron chi connectivity index (χ1n) is 9.33. The van der Waals surface area contributed by atoms with Gasteiger partial charge in [0.05, 0.1) is 11.4 Å². The predicted octanol–water partition coefficient (Wildman–Crippen LogP) is 5.28. The third-order valence-corrected chi connectivity index (χ3v) is 4.56. The zero-order valence-electron chi connectivity index (χ0n) is 16.2. The van der Waals surface area contributed by atoms with Gasteiger partial charge in [-0.15, -0.1) is 0 Å². The van der Waals surface area contributed by atoms with E-state index in [1.807, 2.05) is 41.3 Å². The van der Waals surface area contributed by atoms with Crippen LogP contribution in [0.25, 0.3) is 5.69 Å². The predicted molar refractivity (Wildman–Crippen MR) is 118 cm³/mol. The molecule has 146 valence electrons. The van der Waals surface area contributed by atoms with E-state index in [2.05, 4.69) is 13.2 Å². The molecule has 0 unspecified atom stereocenters. The Balaban J connectivity index is 1.99. The maximum absolute atomic E-state index is 15.1. The van der Waals surface area contributed by atoms with E-state index in [0.717, 1.165) is 11.1 Å². The van der Waals surface area contributed by atoms with Crippen molar-refractivity contribution in [2.24, 2.45) is 0 Å². The van der Waals surface area contributed by atoms with Gasteiger partial charge in [0.25, 0.3) is 5.56 Å². The Morgan fingerprint density at radius 2 is 1.79 bits per heavy atom. The Hall–Kier alpha value is -3.66. The first-order chi connectivity index (χ1) is 14.1. The number of allylic oxidation sites excluding steroid dienone is 2. The summed E-state index contributed by atoms with van der Waals surface area (Å²) in [7, 11) is 0. The van der Waals surface area contributed by atoms with Gasteiger partial charge in [0, 0.05) is 31.4 Å². The van der Waals surface area contributed by atoms with Gasteiger partial charge in [0.15, 0.2) is 0 Å². The van der Waals surface area contributed by atoms with E-state index in [-0.39, 0.29) is 5.56 Å². The molecule has 1 aromatic heterocycles. The molecule has 0 bridgehead atoms. The molecule has 0 N–H and O–H groups in total. The summed E-state index contributed by atoms with van der Waals surface area (Å²) in [5.74, 6) is -0.392. The molecule has 0 aliphatic rings. The van der Waals surface area contributed by atoms with Gasteiger partial charge in [-0.25, -0.2) is 4.39 Å². The normalized spacial score (nSPS) is 11.1. The fraction of sp³-hybridized carbons (Fsp3) is 0.0800. The molecule has 3 rings (SSSR count). The molecule has 0 radical (unpaired) electrons. The number of nitrogens with zero attached hydrogens (tertiary/aromatic N) is 2. The molecule has 29 heavy (non-hydrogen) atoms. The number of rotatable bonds is 8. The monoisotopic (exact) mass is 386 g/mol. The summed E-state index contributed by atoms with van der Waals surface area (Å²) < 4.78 is 16.6. The molecule has 0 fully saturated rings. The number of anilines is 1. The van der Waals surface area contributed by atoms with Crippen molar-refractivity contribution >= 4 is 5.69 Å². The SMILES string of the molecule is C=C/C=C(\C=C)CN(Cc1ccccc1)c1ccc(-n2ccccc2=O)cc1F. The van der Waals surface area contributed by atoms with Crippen molar-refractivity contribution < 1.29 is 4.39 Å². The van der Waals surface area contributed by atoms with Gasteiger partial charge in [0.1, 0.15) is 5.82 Å². The molecule has 0 atom stereocenters. The quantitative estimate of drug-likeness (QED) is 0.492. The summed E-state index contributed by atoms with van der Waals surface area (Å²) in [5, 5.41) is 0. The van der Waals surface area contributed by atoms with Gasteiger partial charge in [0.2, 0.25) is 0 Å². The van der Waals surface area contributed by atoms with Crippen LogP contribution < -0.4 is 10.5 Å². The summed E-state index contributed by atoms with van der Waals surface area (Å²) in [6.07, 6.45) is 6.93. The van der Waals surface area contributed by atoms with Crippen LogP contribution >= 0.6 is 0 Å². The van der Waals surface area contributed by atoms with Crippen LogP contribution in [0.15, 0.2) is 115 Å². The fourth-order valence-corrected chi connectivity index (χ4v) is 3.13. The number of hydrogen-bond acceptors (Lipinski definition) is 2. The lowest BCUT2D eigenvalue weighted by molar-refractivity contribution is 0.617. The van der Waals surface area contributed by atoms with Crippen molar-refractivity contribution in [2.45, 2.75) is 6.54 Å². The van der Waals surface area contributed by atoms with E-state index >= 15 is 4.39 Å². The van der Waals surface area contributed by atoms with Crippen LogP contribution in [0.3, 0.4) is 0 Å². The molecule has 1 heterocycles. The summed E-state index contributed by atoms with van der Waals surface area (Å²) >= 11 is 0. The van der Waals surface area contributed by atoms with Crippen LogP contribution in [0.4, 0.5) is 10.1 Å². The highest BCUT2D eigenvalue weighted by molar-refractivity contribution is 5.54. The topological polar surface area (TPSA) is 25.2 Å². The zero-order valence-corrected chi connectivity index (χ0v) is 16.2. The van der Waals surface area contributed by atoms with E-state index in [9.17, 15) is 4.79 Å². The number of halogens is 1. The second kappa shape index (κ2) is 9.51. The highest BCUT2D eigenvalue weighted by atomic mass is 19.1. The number of pyridine rings is 1. The largest absolute Gasteiger partial charge is 0.361 e. The van der Waals surface area contributed by atoms with Gasteiger partial charge in [-0.3, -0.25) is 9.36 Å². The molecule has 0 saturated heterocycles. The van der Waals surface area contributed by atoms with Gasteiger partial charge >= 0.3 is 0 Å². The Morgan fingerprint density at radius 1 is 1.03 bits per heavy atom. The van der Waals surface area contributed by atoms with Crippen molar-refractivity contribution in [3.05, 3.63) is 132 Å². The fourth-order valence-electron chi connectivity index (χ4n) is 3.13. The lowest BCUT2D eigenvalue weighted by Gasteiger charge is -2.26. The number of hydrogen-bond donors (Lipinski definition) is 0. The lowest BCUT2D eigenvalue weighted by atomic mass is 10.1. The Morgan fingerprint density at radius 3 is 2.45 bits per heavy atom. The molecule has 3 aromatic rings. The molecule has 0 aliphatic carbocycles. The van der Waals surface area contributed by atoms with Crippen molar-refractivity contribution in [3.8, 4) is 5.69 Å². The summed E-state index contributed by atoms with van der Waals surface area (Å²) in [6, 6.07) is 19.6. The standard InChI is InChI=1S/C25H23FN2O/c1-3-10-20(4-2)18-27(19-21-11-6-5-7-12-21)24-15-14-22(17-23(24)26)28-16-9-8-13-25(28)29/h3-17H,1-2,18-19H2/b20-10+. The van der Waals surface area contributed by atoms with E-state index in [0.29, 0.717) is 24.5 Å². The van der Waals surface area contributed by atoms with Gasteiger partial charge in [-0.2, -0.15) is 0 Å². The van der Waals surface area contributed by atoms with Crippen LogP contribution in [-0.4, -0.2) is 11.1 Å². The molecule has 2 aromatic carbocycles. The maximum Gasteiger partial charge on any atom is 0.255 e. The molecular formula is C25H23FN2O. The Kier molecular flexibility index (Phi) is 6.59. The van der Waals surface area contributed by atoms with E-state index < -0.39 is 5.82 Å². The number of benzene rings is 2. The molecule has 0 saturated carbocycles. The lowest BCUT2D eigenvalue weighted by Crippen LogP contribution is -2.26. The summed E-state index contributed by atoms with van der Waals surface area (Å²) in [4.78, 5) is 14.0. The van der Waals surface area contributed by atoms with Crippen LogP contribution in [0.5, 0.6) is 0 Å². The van der Waals surface area contributed by atoms with Gasteiger partial charge in [-0.05, 0) is 29.3 Å². The first kappa shape index (κ1) is 20.1. The molecular weight excluding hydrogens is 363 g/mol. The Bertz CT molecular complexity index is 1080. The minimum absolute atomic E-state index is 0.205. The average molecular weight is 386 g/mol. The second-order valence-electron chi connectivity index (χ2n) is 6.57. The van der Waals surface area contributed by atoms with Crippen molar-refractivity contribution in [1.29, 1.82) is 0 Å². The van der Waals surface area contributed by atoms with Gasteiger partial charge < -0.3 is 4.90 Å². The second-order valence-corrected chi connectivity index (χ2v) is 6.57. The third-order valence-electron chi connectivity index (χ3n) is 4.56.